The van der Waals surface area contributed by atoms with Gasteiger partial charge in [-0.3, -0.25) is 4.79 Å². The molecule has 2 N–H and O–H groups in total. The first-order valence-corrected chi connectivity index (χ1v) is 8.91. The highest BCUT2D eigenvalue weighted by Crippen LogP contribution is 2.26. The number of para-hydroxylation sites is 1. The maximum Gasteiger partial charge on any atom is 0.372 e. The monoisotopic (exact) mass is 337 g/mol. The molecule has 0 bridgehead atoms. The summed E-state index contributed by atoms with van der Waals surface area (Å²) in [5.41, 5.74) is 0.805. The van der Waals surface area contributed by atoms with E-state index in [1.54, 1.807) is 24.3 Å². The Morgan fingerprint density at radius 3 is 2.70 bits per heavy atom. The Kier molecular flexibility index (Phi) is 3.85. The SMILES string of the molecule is O=C(O)c1oc2ccccc2c1CNC(=O)C1CCS(=O)(=O)C1. The van der Waals surface area contributed by atoms with Gasteiger partial charge >= 0.3 is 5.97 Å². The Morgan fingerprint density at radius 2 is 2.04 bits per heavy atom. The third-order valence-electron chi connectivity index (χ3n) is 3.94. The molecule has 8 heteroatoms. The number of sulfone groups is 1. The molecule has 1 amide bonds. The molecule has 1 aliphatic rings. The van der Waals surface area contributed by atoms with E-state index in [9.17, 15) is 23.1 Å². The molecule has 0 spiro atoms. The molecule has 1 fully saturated rings. The summed E-state index contributed by atoms with van der Waals surface area (Å²) in [6.45, 7) is -0.0198. The van der Waals surface area contributed by atoms with E-state index in [2.05, 4.69) is 5.32 Å². The summed E-state index contributed by atoms with van der Waals surface area (Å²) in [4.78, 5) is 23.4. The lowest BCUT2D eigenvalue weighted by molar-refractivity contribution is -0.124. The Hall–Kier alpha value is -2.35. The van der Waals surface area contributed by atoms with E-state index in [1.807, 2.05) is 0 Å². The van der Waals surface area contributed by atoms with Gasteiger partial charge in [0.25, 0.3) is 0 Å². The zero-order chi connectivity index (χ0) is 16.6. The highest BCUT2D eigenvalue weighted by Gasteiger charge is 2.33. The minimum absolute atomic E-state index is 0.0140. The van der Waals surface area contributed by atoms with Gasteiger partial charge in [0.05, 0.1) is 17.4 Å². The normalized spacial score (nSPS) is 19.7. The Morgan fingerprint density at radius 1 is 1.30 bits per heavy atom. The number of hydrogen-bond acceptors (Lipinski definition) is 5. The molecule has 0 radical (unpaired) electrons. The molecule has 2 aromatic rings. The van der Waals surface area contributed by atoms with Gasteiger partial charge in [-0.15, -0.1) is 0 Å². The van der Waals surface area contributed by atoms with Crippen LogP contribution in [0.2, 0.25) is 0 Å². The topological polar surface area (TPSA) is 114 Å². The number of benzene rings is 1. The van der Waals surface area contributed by atoms with Crippen molar-refractivity contribution in [3.05, 3.63) is 35.6 Å². The zero-order valence-electron chi connectivity index (χ0n) is 12.1. The first kappa shape index (κ1) is 15.5. The number of carbonyl (C=O) groups is 2. The molecule has 3 rings (SSSR count). The minimum atomic E-state index is -3.14. The van der Waals surface area contributed by atoms with Crippen LogP contribution in [0.5, 0.6) is 0 Å². The fourth-order valence-electron chi connectivity index (χ4n) is 2.77. The predicted octanol–water partition coefficient (Wildman–Crippen LogP) is 1.18. The van der Waals surface area contributed by atoms with Crippen LogP contribution in [0.3, 0.4) is 0 Å². The van der Waals surface area contributed by atoms with Crippen molar-refractivity contribution >= 4 is 32.7 Å². The number of aromatic carboxylic acids is 1. The van der Waals surface area contributed by atoms with E-state index >= 15 is 0 Å². The molecule has 0 aliphatic carbocycles. The number of carboxylic acids is 1. The van der Waals surface area contributed by atoms with Crippen LogP contribution in [-0.2, 0) is 21.2 Å². The van der Waals surface area contributed by atoms with Crippen LogP contribution in [0.4, 0.5) is 0 Å². The van der Waals surface area contributed by atoms with Crippen molar-refractivity contribution in [2.75, 3.05) is 11.5 Å². The molecule has 0 saturated carbocycles. The highest BCUT2D eigenvalue weighted by atomic mass is 32.2. The van der Waals surface area contributed by atoms with Crippen LogP contribution in [0.1, 0.15) is 22.5 Å². The van der Waals surface area contributed by atoms with Crippen LogP contribution >= 0.6 is 0 Å². The molecule has 2 heterocycles. The molecule has 7 nitrogen and oxygen atoms in total. The third-order valence-corrected chi connectivity index (χ3v) is 5.70. The molecule has 23 heavy (non-hydrogen) atoms. The first-order chi connectivity index (χ1) is 10.9. The molecule has 1 aliphatic heterocycles. The Balaban J connectivity index is 1.80. The first-order valence-electron chi connectivity index (χ1n) is 7.09. The van der Waals surface area contributed by atoms with Gasteiger partial charge in [-0.2, -0.15) is 0 Å². The second kappa shape index (κ2) is 5.69. The average molecular weight is 337 g/mol. The van der Waals surface area contributed by atoms with Crippen LogP contribution < -0.4 is 5.32 Å². The lowest BCUT2D eigenvalue weighted by Gasteiger charge is -2.09. The van der Waals surface area contributed by atoms with E-state index in [1.165, 1.54) is 0 Å². The second-order valence-corrected chi connectivity index (χ2v) is 7.76. The highest BCUT2D eigenvalue weighted by molar-refractivity contribution is 7.91. The van der Waals surface area contributed by atoms with Crippen LogP contribution in [0.15, 0.2) is 28.7 Å². The van der Waals surface area contributed by atoms with Crippen LogP contribution in [0.25, 0.3) is 11.0 Å². The van der Waals surface area contributed by atoms with E-state index in [0.29, 0.717) is 23.0 Å². The quantitative estimate of drug-likeness (QED) is 0.866. The number of nitrogens with one attached hydrogen (secondary N) is 1. The molecule has 1 unspecified atom stereocenters. The standard InChI is InChI=1S/C15H15NO6S/c17-14(9-5-6-23(20,21)8-9)16-7-11-10-3-1-2-4-12(10)22-13(11)15(18)19/h1-4,9H,5-8H2,(H,16,17)(H,18,19). The summed E-state index contributed by atoms with van der Waals surface area (Å²) in [5, 5.41) is 12.5. The van der Waals surface area contributed by atoms with E-state index in [4.69, 9.17) is 4.42 Å². The third kappa shape index (κ3) is 3.07. The van der Waals surface area contributed by atoms with Gasteiger partial charge in [-0.25, -0.2) is 13.2 Å². The molecule has 1 aromatic carbocycles. The number of fused-ring (bicyclic) bond motifs is 1. The molecule has 122 valence electrons. The smallest absolute Gasteiger partial charge is 0.372 e. The maximum atomic E-state index is 12.1. The Labute approximate surface area is 132 Å². The zero-order valence-corrected chi connectivity index (χ0v) is 12.9. The minimum Gasteiger partial charge on any atom is -0.475 e. The number of carboxylic acid groups (broad SMARTS) is 1. The molecular weight excluding hydrogens is 322 g/mol. The number of amides is 1. The van der Waals surface area contributed by atoms with Gasteiger partial charge in [0, 0.05) is 17.5 Å². The van der Waals surface area contributed by atoms with Crippen molar-refractivity contribution in [1.29, 1.82) is 0 Å². The van der Waals surface area contributed by atoms with Gasteiger partial charge in [0.1, 0.15) is 5.58 Å². The number of furan rings is 1. The summed E-state index contributed by atoms with van der Waals surface area (Å²) in [7, 11) is -3.14. The molecule has 1 atom stereocenters. The van der Waals surface area contributed by atoms with Crippen molar-refractivity contribution in [2.45, 2.75) is 13.0 Å². The largest absolute Gasteiger partial charge is 0.475 e. The number of carbonyl (C=O) groups excluding carboxylic acids is 1. The lowest BCUT2D eigenvalue weighted by atomic mass is 10.1. The van der Waals surface area contributed by atoms with Crippen molar-refractivity contribution < 1.29 is 27.5 Å². The van der Waals surface area contributed by atoms with E-state index < -0.39 is 21.7 Å². The van der Waals surface area contributed by atoms with Crippen molar-refractivity contribution in [3.63, 3.8) is 0 Å². The predicted molar refractivity (Wildman–Crippen MR) is 81.8 cm³/mol. The average Bonchev–Trinajstić information content (AvgIpc) is 3.05. The molecular formula is C15H15NO6S. The summed E-state index contributed by atoms with van der Waals surface area (Å²) < 4.78 is 28.2. The van der Waals surface area contributed by atoms with Gasteiger partial charge in [-0.1, -0.05) is 18.2 Å². The number of rotatable bonds is 4. The maximum absolute atomic E-state index is 12.1. The fraction of sp³-hybridized carbons (Fsp3) is 0.333. The fourth-order valence-corrected chi connectivity index (χ4v) is 4.51. The van der Waals surface area contributed by atoms with Gasteiger partial charge in [0.2, 0.25) is 11.7 Å². The Bertz CT molecular complexity index is 883. The second-order valence-electron chi connectivity index (χ2n) is 5.53. The van der Waals surface area contributed by atoms with Crippen molar-refractivity contribution in [3.8, 4) is 0 Å². The van der Waals surface area contributed by atoms with Crippen LogP contribution in [-0.4, -0.2) is 36.9 Å². The number of hydrogen-bond donors (Lipinski definition) is 2. The summed E-state index contributed by atoms with van der Waals surface area (Å²) >= 11 is 0. The molecule has 1 aromatic heterocycles. The summed E-state index contributed by atoms with van der Waals surface area (Å²) in [5.74, 6) is -2.53. The lowest BCUT2D eigenvalue weighted by Crippen LogP contribution is -2.31. The van der Waals surface area contributed by atoms with E-state index in [-0.39, 0.29) is 29.7 Å². The van der Waals surface area contributed by atoms with Gasteiger partial charge < -0.3 is 14.8 Å². The molecule has 1 saturated heterocycles. The summed E-state index contributed by atoms with van der Waals surface area (Å²) in [6.07, 6.45) is 0.298. The van der Waals surface area contributed by atoms with Crippen LogP contribution in [0, 0.1) is 5.92 Å². The van der Waals surface area contributed by atoms with Gasteiger partial charge in [0.15, 0.2) is 9.84 Å². The summed E-state index contributed by atoms with van der Waals surface area (Å²) in [6, 6.07) is 6.84. The van der Waals surface area contributed by atoms with Gasteiger partial charge in [-0.05, 0) is 12.5 Å². The van der Waals surface area contributed by atoms with Crippen molar-refractivity contribution in [1.82, 2.24) is 5.32 Å². The van der Waals surface area contributed by atoms with Crippen molar-refractivity contribution in [2.24, 2.45) is 5.92 Å². The van der Waals surface area contributed by atoms with E-state index in [0.717, 1.165) is 0 Å².